The zero-order valence-corrected chi connectivity index (χ0v) is 19.6. The number of amides is 1. The van der Waals surface area contributed by atoms with Crippen LogP contribution in [0.2, 0.25) is 10.0 Å². The fraction of sp³-hybridized carbons (Fsp3) is 0.250. The number of ether oxygens (including phenoxy) is 1. The molecule has 1 aliphatic rings. The maximum Gasteiger partial charge on any atom is 0.258 e. The van der Waals surface area contributed by atoms with E-state index in [2.05, 4.69) is 15.0 Å². The second-order valence-electron chi connectivity index (χ2n) is 7.97. The van der Waals surface area contributed by atoms with E-state index >= 15 is 0 Å². The number of aryl methyl sites for hydroxylation is 1. The third kappa shape index (κ3) is 4.03. The second-order valence-corrected chi connectivity index (χ2v) is 8.78. The third-order valence-electron chi connectivity index (χ3n) is 5.87. The summed E-state index contributed by atoms with van der Waals surface area (Å²) in [4.78, 5) is 32.5. The first-order valence-corrected chi connectivity index (χ1v) is 11.3. The van der Waals surface area contributed by atoms with Crippen molar-refractivity contribution in [2.24, 2.45) is 0 Å². The van der Waals surface area contributed by atoms with E-state index in [0.29, 0.717) is 39.2 Å². The number of aromatic amines is 1. The average molecular weight is 482 g/mol. The van der Waals surface area contributed by atoms with Crippen LogP contribution in [0.1, 0.15) is 40.9 Å². The molecule has 7 nitrogen and oxygen atoms in total. The van der Waals surface area contributed by atoms with Crippen LogP contribution in [0.3, 0.4) is 0 Å². The topological polar surface area (TPSA) is 84.0 Å². The van der Waals surface area contributed by atoms with Gasteiger partial charge in [-0.3, -0.25) is 4.79 Å². The molecule has 1 atom stereocenters. The summed E-state index contributed by atoms with van der Waals surface area (Å²) in [6, 6.07) is 10.7. The Bertz CT molecular complexity index is 1370. The molecule has 1 fully saturated rings. The highest BCUT2D eigenvalue weighted by Crippen LogP contribution is 2.35. The van der Waals surface area contributed by atoms with Gasteiger partial charge in [0, 0.05) is 24.4 Å². The molecule has 0 radical (unpaired) electrons. The molecular formula is C24H21Cl2N5O2. The monoisotopic (exact) mass is 481 g/mol. The van der Waals surface area contributed by atoms with Gasteiger partial charge in [0.05, 0.1) is 45.5 Å². The molecule has 2 aromatic carbocycles. The van der Waals surface area contributed by atoms with Crippen molar-refractivity contribution in [1.29, 1.82) is 0 Å². The molecule has 168 valence electrons. The number of rotatable bonds is 4. The standard InChI is InChI=1S/C24H21Cl2N5O2/c1-13-27-12-16(22(28-13)14-5-7-17(25)18(26)10-14)24(32)31-9-3-4-21(31)23-29-19-8-6-15(33-2)11-20(19)30-23/h5-8,10-12,21H,3-4,9H2,1-2H3,(H,29,30). The van der Waals surface area contributed by atoms with Crippen LogP contribution in [0, 0.1) is 6.92 Å². The van der Waals surface area contributed by atoms with Crippen molar-refractivity contribution in [3.05, 3.63) is 69.9 Å². The lowest BCUT2D eigenvalue weighted by Crippen LogP contribution is -2.31. The van der Waals surface area contributed by atoms with E-state index in [9.17, 15) is 4.79 Å². The van der Waals surface area contributed by atoms with E-state index in [1.807, 2.05) is 23.1 Å². The average Bonchev–Trinajstić information content (AvgIpc) is 3.46. The molecule has 0 bridgehead atoms. The summed E-state index contributed by atoms with van der Waals surface area (Å²) in [7, 11) is 1.63. The van der Waals surface area contributed by atoms with Crippen LogP contribution in [0.5, 0.6) is 5.75 Å². The van der Waals surface area contributed by atoms with Crippen LogP contribution >= 0.6 is 23.2 Å². The van der Waals surface area contributed by atoms with Crippen LogP contribution in [0.4, 0.5) is 0 Å². The predicted octanol–water partition coefficient (Wildman–Crippen LogP) is 5.62. The zero-order chi connectivity index (χ0) is 23.1. The molecule has 1 unspecified atom stereocenters. The highest BCUT2D eigenvalue weighted by molar-refractivity contribution is 6.42. The lowest BCUT2D eigenvalue weighted by Gasteiger charge is -2.24. The molecule has 1 aliphatic heterocycles. The van der Waals surface area contributed by atoms with Crippen molar-refractivity contribution in [1.82, 2.24) is 24.8 Å². The quantitative estimate of drug-likeness (QED) is 0.408. The van der Waals surface area contributed by atoms with Gasteiger partial charge in [0.15, 0.2) is 0 Å². The summed E-state index contributed by atoms with van der Waals surface area (Å²) < 4.78 is 5.31. The van der Waals surface area contributed by atoms with E-state index < -0.39 is 0 Å². The number of methoxy groups -OCH3 is 1. The molecule has 2 aromatic heterocycles. The van der Waals surface area contributed by atoms with Gasteiger partial charge in [0.25, 0.3) is 5.91 Å². The number of hydrogen-bond acceptors (Lipinski definition) is 5. The Hall–Kier alpha value is -3.16. The summed E-state index contributed by atoms with van der Waals surface area (Å²) in [5, 5.41) is 0.848. The van der Waals surface area contributed by atoms with Crippen LogP contribution in [-0.4, -0.2) is 44.4 Å². The van der Waals surface area contributed by atoms with E-state index in [1.165, 1.54) is 0 Å². The molecule has 5 rings (SSSR count). The van der Waals surface area contributed by atoms with Gasteiger partial charge < -0.3 is 14.6 Å². The summed E-state index contributed by atoms with van der Waals surface area (Å²) in [5.41, 5.74) is 3.37. The van der Waals surface area contributed by atoms with Crippen LogP contribution in [0.15, 0.2) is 42.6 Å². The zero-order valence-electron chi connectivity index (χ0n) is 18.1. The SMILES string of the molecule is COc1ccc2nc(C3CCCN3C(=O)c3cnc(C)nc3-c3ccc(Cl)c(Cl)c3)[nH]c2c1. The van der Waals surface area contributed by atoms with Crippen molar-refractivity contribution >= 4 is 40.1 Å². The Morgan fingerprint density at radius 3 is 2.79 bits per heavy atom. The Balaban J connectivity index is 1.52. The van der Waals surface area contributed by atoms with Crippen LogP contribution < -0.4 is 4.74 Å². The lowest BCUT2D eigenvalue weighted by atomic mass is 10.1. The number of nitrogens with zero attached hydrogens (tertiary/aromatic N) is 4. The number of carbonyl (C=O) groups is 1. The number of hydrogen-bond donors (Lipinski definition) is 1. The number of benzene rings is 2. The maximum absolute atomic E-state index is 13.7. The van der Waals surface area contributed by atoms with Crippen molar-refractivity contribution in [2.75, 3.05) is 13.7 Å². The van der Waals surface area contributed by atoms with Gasteiger partial charge >= 0.3 is 0 Å². The molecule has 0 saturated carbocycles. The number of halogens is 2. The minimum absolute atomic E-state index is 0.142. The molecule has 0 spiro atoms. The number of imidazole rings is 1. The van der Waals surface area contributed by atoms with Gasteiger partial charge in [0.1, 0.15) is 17.4 Å². The minimum Gasteiger partial charge on any atom is -0.497 e. The Kier molecular flexibility index (Phi) is 5.68. The smallest absolute Gasteiger partial charge is 0.258 e. The number of carbonyl (C=O) groups excluding carboxylic acids is 1. The fourth-order valence-corrected chi connectivity index (χ4v) is 4.53. The summed E-state index contributed by atoms with van der Waals surface area (Å²) in [6.45, 7) is 2.41. The van der Waals surface area contributed by atoms with Gasteiger partial charge in [0.2, 0.25) is 0 Å². The van der Waals surface area contributed by atoms with E-state index in [0.717, 1.165) is 35.4 Å². The maximum atomic E-state index is 13.7. The van der Waals surface area contributed by atoms with Crippen molar-refractivity contribution in [3.8, 4) is 17.0 Å². The second kappa shape index (κ2) is 8.65. The highest BCUT2D eigenvalue weighted by Gasteiger charge is 2.34. The number of aromatic nitrogens is 4. The molecule has 4 aromatic rings. The van der Waals surface area contributed by atoms with Crippen LogP contribution in [0.25, 0.3) is 22.3 Å². The summed E-state index contributed by atoms with van der Waals surface area (Å²) in [6.07, 6.45) is 3.28. The Morgan fingerprint density at radius 1 is 1.15 bits per heavy atom. The van der Waals surface area contributed by atoms with Crippen LogP contribution in [-0.2, 0) is 0 Å². The number of nitrogens with one attached hydrogen (secondary N) is 1. The number of likely N-dealkylation sites (tertiary alicyclic amines) is 1. The molecule has 33 heavy (non-hydrogen) atoms. The van der Waals surface area contributed by atoms with Crippen molar-refractivity contribution in [3.63, 3.8) is 0 Å². The van der Waals surface area contributed by atoms with Crippen molar-refractivity contribution < 1.29 is 9.53 Å². The molecule has 1 amide bonds. The first-order chi connectivity index (χ1) is 15.9. The van der Waals surface area contributed by atoms with Gasteiger partial charge in [-0.1, -0.05) is 29.3 Å². The molecule has 9 heteroatoms. The molecular weight excluding hydrogens is 461 g/mol. The Labute approximate surface area is 200 Å². The molecule has 1 saturated heterocycles. The molecule has 3 heterocycles. The fourth-order valence-electron chi connectivity index (χ4n) is 4.23. The Morgan fingerprint density at radius 2 is 2.00 bits per heavy atom. The minimum atomic E-state index is -0.168. The third-order valence-corrected chi connectivity index (χ3v) is 6.61. The largest absolute Gasteiger partial charge is 0.497 e. The first kappa shape index (κ1) is 21.7. The normalized spacial score (nSPS) is 15.9. The van der Waals surface area contributed by atoms with Gasteiger partial charge in [-0.25, -0.2) is 15.0 Å². The van der Waals surface area contributed by atoms with E-state index in [1.54, 1.807) is 38.4 Å². The molecule has 1 N–H and O–H groups in total. The van der Waals surface area contributed by atoms with Crippen molar-refractivity contribution in [2.45, 2.75) is 25.8 Å². The first-order valence-electron chi connectivity index (χ1n) is 10.6. The van der Waals surface area contributed by atoms with E-state index in [-0.39, 0.29) is 11.9 Å². The molecule has 0 aliphatic carbocycles. The summed E-state index contributed by atoms with van der Waals surface area (Å²) in [5.74, 6) is 1.93. The predicted molar refractivity (Wildman–Crippen MR) is 128 cm³/mol. The summed E-state index contributed by atoms with van der Waals surface area (Å²) >= 11 is 12.3. The number of H-pyrrole nitrogens is 1. The highest BCUT2D eigenvalue weighted by atomic mass is 35.5. The van der Waals surface area contributed by atoms with Gasteiger partial charge in [-0.15, -0.1) is 0 Å². The van der Waals surface area contributed by atoms with Gasteiger partial charge in [-0.2, -0.15) is 0 Å². The van der Waals surface area contributed by atoms with Gasteiger partial charge in [-0.05, 0) is 44.0 Å². The lowest BCUT2D eigenvalue weighted by molar-refractivity contribution is 0.0730. The number of fused-ring (bicyclic) bond motifs is 1. The van der Waals surface area contributed by atoms with E-state index in [4.69, 9.17) is 32.9 Å².